The molecule has 6 heteroatoms. The van der Waals surface area contributed by atoms with E-state index in [1.165, 1.54) is 16.9 Å². The van der Waals surface area contributed by atoms with Crippen LogP contribution in [0.4, 0.5) is 4.39 Å². The van der Waals surface area contributed by atoms with Crippen LogP contribution in [0.5, 0.6) is 5.75 Å². The molecule has 3 rings (SSSR count). The van der Waals surface area contributed by atoms with Gasteiger partial charge in [-0.2, -0.15) is 4.80 Å². The Morgan fingerprint density at radius 3 is 2.71 bits per heavy atom. The van der Waals surface area contributed by atoms with Gasteiger partial charge in [-0.15, -0.1) is 10.2 Å². The highest BCUT2D eigenvalue weighted by Crippen LogP contribution is 2.19. The summed E-state index contributed by atoms with van der Waals surface area (Å²) in [5, 5.41) is 12.4. The van der Waals surface area contributed by atoms with Crippen LogP contribution < -0.4 is 4.74 Å². The maximum Gasteiger partial charge on any atom is 0.205 e. The molecule has 0 aliphatic rings. The van der Waals surface area contributed by atoms with Crippen molar-refractivity contribution in [2.75, 3.05) is 7.11 Å². The Bertz CT molecular complexity index is 739. The van der Waals surface area contributed by atoms with Crippen LogP contribution in [0.25, 0.3) is 11.4 Å². The highest BCUT2D eigenvalue weighted by atomic mass is 19.1. The van der Waals surface area contributed by atoms with Crippen LogP contribution in [-0.2, 0) is 6.54 Å². The normalized spacial score (nSPS) is 10.6. The molecule has 106 valence electrons. The molecule has 0 saturated carbocycles. The number of halogens is 1. The van der Waals surface area contributed by atoms with Crippen LogP contribution in [0.2, 0.25) is 0 Å². The van der Waals surface area contributed by atoms with Crippen LogP contribution in [0.1, 0.15) is 5.56 Å². The molecular formula is C15H13FN4O. The highest BCUT2D eigenvalue weighted by Gasteiger charge is 2.07. The van der Waals surface area contributed by atoms with E-state index in [0.29, 0.717) is 12.4 Å². The van der Waals surface area contributed by atoms with Gasteiger partial charge in [0.05, 0.1) is 13.7 Å². The highest BCUT2D eigenvalue weighted by molar-refractivity contribution is 5.56. The summed E-state index contributed by atoms with van der Waals surface area (Å²) in [4.78, 5) is 1.47. The number of nitrogens with zero attached hydrogens (tertiary/aromatic N) is 4. The lowest BCUT2D eigenvalue weighted by atomic mass is 10.2. The van der Waals surface area contributed by atoms with Crippen molar-refractivity contribution in [1.82, 2.24) is 20.2 Å². The summed E-state index contributed by atoms with van der Waals surface area (Å²) >= 11 is 0. The van der Waals surface area contributed by atoms with Gasteiger partial charge in [-0.05, 0) is 35.0 Å². The first-order valence-electron chi connectivity index (χ1n) is 6.41. The third-order valence-electron chi connectivity index (χ3n) is 3.02. The standard InChI is InChI=1S/C15H13FN4O/c1-21-14-4-2-3-12(9-14)15-17-19-20(18-15)10-11-5-7-13(16)8-6-11/h2-9H,10H2,1H3. The van der Waals surface area contributed by atoms with Crippen molar-refractivity contribution in [3.8, 4) is 17.1 Å². The Kier molecular flexibility index (Phi) is 3.59. The van der Waals surface area contributed by atoms with Gasteiger partial charge in [0.1, 0.15) is 11.6 Å². The van der Waals surface area contributed by atoms with Gasteiger partial charge in [0.15, 0.2) is 0 Å². The van der Waals surface area contributed by atoms with Crippen molar-refractivity contribution in [1.29, 1.82) is 0 Å². The molecule has 2 aromatic carbocycles. The van der Waals surface area contributed by atoms with Gasteiger partial charge in [0, 0.05) is 5.56 Å². The Balaban J connectivity index is 1.81. The molecule has 5 nitrogen and oxygen atoms in total. The van der Waals surface area contributed by atoms with Crippen LogP contribution in [0.3, 0.4) is 0 Å². The molecule has 0 aliphatic heterocycles. The summed E-state index contributed by atoms with van der Waals surface area (Å²) in [5.41, 5.74) is 1.74. The quantitative estimate of drug-likeness (QED) is 0.738. The van der Waals surface area contributed by atoms with Crippen LogP contribution in [0, 0.1) is 5.82 Å². The molecule has 0 fully saturated rings. The predicted molar refractivity (Wildman–Crippen MR) is 75.3 cm³/mol. The fraction of sp³-hybridized carbons (Fsp3) is 0.133. The molecule has 0 amide bonds. The van der Waals surface area contributed by atoms with E-state index in [2.05, 4.69) is 15.4 Å². The van der Waals surface area contributed by atoms with E-state index in [9.17, 15) is 4.39 Å². The monoisotopic (exact) mass is 284 g/mol. The molecule has 0 bridgehead atoms. The second-order valence-electron chi connectivity index (χ2n) is 4.50. The first-order chi connectivity index (χ1) is 10.2. The molecule has 0 saturated heterocycles. The SMILES string of the molecule is COc1cccc(-c2nnn(Cc3ccc(F)cc3)n2)c1. The lowest BCUT2D eigenvalue weighted by Gasteiger charge is -2.00. The van der Waals surface area contributed by atoms with Crippen molar-refractivity contribution in [3.63, 3.8) is 0 Å². The average molecular weight is 284 g/mol. The number of hydrogen-bond acceptors (Lipinski definition) is 4. The van der Waals surface area contributed by atoms with Gasteiger partial charge in [-0.3, -0.25) is 0 Å². The maximum atomic E-state index is 12.9. The first-order valence-corrected chi connectivity index (χ1v) is 6.41. The summed E-state index contributed by atoms with van der Waals surface area (Å²) in [6.07, 6.45) is 0. The molecule has 0 spiro atoms. The summed E-state index contributed by atoms with van der Waals surface area (Å²) in [5.74, 6) is 1.00. The lowest BCUT2D eigenvalue weighted by molar-refractivity contribution is 0.415. The van der Waals surface area contributed by atoms with Gasteiger partial charge in [-0.25, -0.2) is 4.39 Å². The number of hydrogen-bond donors (Lipinski definition) is 0. The van der Waals surface area contributed by atoms with Gasteiger partial charge >= 0.3 is 0 Å². The molecule has 1 aromatic heterocycles. The molecule has 0 aliphatic carbocycles. The van der Waals surface area contributed by atoms with E-state index in [-0.39, 0.29) is 5.82 Å². The Morgan fingerprint density at radius 2 is 1.95 bits per heavy atom. The number of tetrazole rings is 1. The molecular weight excluding hydrogens is 271 g/mol. The Morgan fingerprint density at radius 1 is 1.14 bits per heavy atom. The first kappa shape index (κ1) is 13.2. The lowest BCUT2D eigenvalue weighted by Crippen LogP contribution is -2.04. The number of ether oxygens (including phenoxy) is 1. The Hall–Kier alpha value is -2.76. The van der Waals surface area contributed by atoms with Crippen LogP contribution in [0.15, 0.2) is 48.5 Å². The molecule has 0 atom stereocenters. The molecule has 0 unspecified atom stereocenters. The molecule has 21 heavy (non-hydrogen) atoms. The Labute approximate surface area is 121 Å². The minimum absolute atomic E-state index is 0.262. The van der Waals surface area contributed by atoms with E-state index < -0.39 is 0 Å². The van der Waals surface area contributed by atoms with Gasteiger partial charge < -0.3 is 4.74 Å². The minimum atomic E-state index is -0.262. The zero-order valence-corrected chi connectivity index (χ0v) is 11.4. The minimum Gasteiger partial charge on any atom is -0.497 e. The summed E-state index contributed by atoms with van der Waals surface area (Å²) in [7, 11) is 1.61. The largest absolute Gasteiger partial charge is 0.497 e. The van der Waals surface area contributed by atoms with Crippen LogP contribution in [-0.4, -0.2) is 27.3 Å². The van der Waals surface area contributed by atoms with E-state index in [4.69, 9.17) is 4.74 Å². The molecule has 3 aromatic rings. The average Bonchev–Trinajstić information content (AvgIpc) is 2.98. The second kappa shape index (κ2) is 5.70. The van der Waals surface area contributed by atoms with Gasteiger partial charge in [-0.1, -0.05) is 24.3 Å². The van der Waals surface area contributed by atoms with E-state index >= 15 is 0 Å². The fourth-order valence-electron chi connectivity index (χ4n) is 1.94. The van der Waals surface area contributed by atoms with E-state index in [0.717, 1.165) is 16.9 Å². The smallest absolute Gasteiger partial charge is 0.205 e. The number of methoxy groups -OCH3 is 1. The summed E-state index contributed by atoms with van der Waals surface area (Å²) < 4.78 is 18.0. The van der Waals surface area contributed by atoms with Gasteiger partial charge in [0.2, 0.25) is 5.82 Å². The van der Waals surface area contributed by atoms with E-state index in [1.54, 1.807) is 19.2 Å². The number of aromatic nitrogens is 4. The van der Waals surface area contributed by atoms with Crippen molar-refractivity contribution in [2.24, 2.45) is 0 Å². The molecule has 0 radical (unpaired) electrons. The summed E-state index contributed by atoms with van der Waals surface area (Å²) in [6.45, 7) is 0.442. The van der Waals surface area contributed by atoms with Crippen LogP contribution >= 0.6 is 0 Å². The van der Waals surface area contributed by atoms with Gasteiger partial charge in [0.25, 0.3) is 0 Å². The second-order valence-corrected chi connectivity index (χ2v) is 4.50. The van der Waals surface area contributed by atoms with Crippen molar-refractivity contribution in [3.05, 3.63) is 59.9 Å². The zero-order chi connectivity index (χ0) is 14.7. The number of benzene rings is 2. The number of rotatable bonds is 4. The molecule has 1 heterocycles. The maximum absolute atomic E-state index is 12.9. The third kappa shape index (κ3) is 3.05. The van der Waals surface area contributed by atoms with Crippen molar-refractivity contribution in [2.45, 2.75) is 6.54 Å². The topological polar surface area (TPSA) is 52.8 Å². The summed E-state index contributed by atoms with van der Waals surface area (Å²) in [6, 6.07) is 13.7. The predicted octanol–water partition coefficient (Wildman–Crippen LogP) is 2.54. The molecule has 0 N–H and O–H groups in total. The van der Waals surface area contributed by atoms with Crippen molar-refractivity contribution < 1.29 is 9.13 Å². The zero-order valence-electron chi connectivity index (χ0n) is 11.4. The third-order valence-corrected chi connectivity index (χ3v) is 3.02. The van der Waals surface area contributed by atoms with E-state index in [1.807, 2.05) is 24.3 Å². The fourth-order valence-corrected chi connectivity index (χ4v) is 1.94. The van der Waals surface area contributed by atoms with Crippen molar-refractivity contribution >= 4 is 0 Å².